The van der Waals surface area contributed by atoms with Crippen LogP contribution in [0.4, 0.5) is 13.2 Å². The van der Waals surface area contributed by atoms with Crippen molar-refractivity contribution < 1.29 is 27.8 Å². The molecule has 0 spiro atoms. The summed E-state index contributed by atoms with van der Waals surface area (Å²) in [5, 5.41) is 8.15. The van der Waals surface area contributed by atoms with Crippen LogP contribution >= 0.6 is 0 Å². The molecule has 1 N–H and O–H groups in total. The van der Waals surface area contributed by atoms with Crippen LogP contribution in [0.25, 0.3) is 0 Å². The summed E-state index contributed by atoms with van der Waals surface area (Å²) in [6, 6.07) is 0. The second-order valence-electron chi connectivity index (χ2n) is 2.02. The lowest BCUT2D eigenvalue weighted by molar-refractivity contribution is -0.172. The number of hydrogen-bond donors (Lipinski definition) is 1. The van der Waals surface area contributed by atoms with Crippen LogP contribution in [0.2, 0.25) is 0 Å². The van der Waals surface area contributed by atoms with E-state index >= 15 is 0 Å². The zero-order valence-electron chi connectivity index (χ0n) is 6.02. The summed E-state index contributed by atoms with van der Waals surface area (Å²) < 4.78 is 38.2. The minimum absolute atomic E-state index is 0.403. The van der Waals surface area contributed by atoms with Crippen molar-refractivity contribution in [2.45, 2.75) is 6.18 Å². The van der Waals surface area contributed by atoms with Crippen molar-refractivity contribution in [1.29, 1.82) is 0 Å². The average molecular weight is 184 g/mol. The highest BCUT2D eigenvalue weighted by Crippen LogP contribution is 2.14. The quantitative estimate of drug-likeness (QED) is 0.668. The number of carboxylic acids is 1. The summed E-state index contributed by atoms with van der Waals surface area (Å²) in [4.78, 5) is 9.99. The van der Waals surface area contributed by atoms with E-state index in [1.807, 2.05) is 0 Å². The van der Waals surface area contributed by atoms with E-state index in [1.54, 1.807) is 0 Å². The molecule has 0 atom stereocenters. The van der Waals surface area contributed by atoms with Gasteiger partial charge in [0.05, 0.1) is 12.2 Å². The van der Waals surface area contributed by atoms with E-state index in [-0.39, 0.29) is 0 Å². The minimum atomic E-state index is -4.43. The number of rotatable bonds is 4. The molecule has 0 aromatic rings. The number of hydrogen-bond acceptors (Lipinski definition) is 2. The molecule has 0 aliphatic rings. The SMILES string of the molecule is C=C(COCC(F)(F)F)C(=O)O. The fourth-order valence-corrected chi connectivity index (χ4v) is 0.352. The van der Waals surface area contributed by atoms with Gasteiger partial charge in [-0.05, 0) is 0 Å². The van der Waals surface area contributed by atoms with Crippen molar-refractivity contribution in [2.24, 2.45) is 0 Å². The summed E-state index contributed by atoms with van der Waals surface area (Å²) in [7, 11) is 0. The highest BCUT2D eigenvalue weighted by Gasteiger charge is 2.27. The first-order chi connectivity index (χ1) is 5.33. The number of alkyl halides is 3. The van der Waals surface area contributed by atoms with Crippen molar-refractivity contribution >= 4 is 5.97 Å². The topological polar surface area (TPSA) is 46.5 Å². The molecule has 0 aliphatic heterocycles. The van der Waals surface area contributed by atoms with E-state index in [1.165, 1.54) is 0 Å². The smallest absolute Gasteiger partial charge is 0.411 e. The molecule has 3 nitrogen and oxygen atoms in total. The zero-order chi connectivity index (χ0) is 9.78. The van der Waals surface area contributed by atoms with Gasteiger partial charge >= 0.3 is 12.1 Å². The van der Waals surface area contributed by atoms with Gasteiger partial charge in [0, 0.05) is 0 Å². The van der Waals surface area contributed by atoms with Crippen LogP contribution in [0.3, 0.4) is 0 Å². The number of carboxylic acid groups (broad SMARTS) is 1. The van der Waals surface area contributed by atoms with Crippen LogP contribution in [0.5, 0.6) is 0 Å². The Bertz CT molecular complexity index is 185. The maximum atomic E-state index is 11.4. The number of carbonyl (C=O) groups is 1. The first-order valence-electron chi connectivity index (χ1n) is 2.88. The Labute approximate surface area is 66.4 Å². The Hall–Kier alpha value is -1.04. The highest BCUT2D eigenvalue weighted by atomic mass is 19.4. The maximum absolute atomic E-state index is 11.4. The molecule has 0 aromatic heterocycles. The largest absolute Gasteiger partial charge is 0.478 e. The van der Waals surface area contributed by atoms with Crippen LogP contribution in [-0.4, -0.2) is 30.5 Å². The fourth-order valence-electron chi connectivity index (χ4n) is 0.352. The summed E-state index contributed by atoms with van der Waals surface area (Å²) in [6.45, 7) is 0.907. The van der Waals surface area contributed by atoms with Gasteiger partial charge in [0.2, 0.25) is 0 Å². The second kappa shape index (κ2) is 4.10. The van der Waals surface area contributed by atoms with Crippen LogP contribution in [-0.2, 0) is 9.53 Å². The number of ether oxygens (including phenoxy) is 1. The molecule has 6 heteroatoms. The Morgan fingerprint density at radius 3 is 2.33 bits per heavy atom. The molecule has 0 saturated heterocycles. The van der Waals surface area contributed by atoms with Crippen molar-refractivity contribution in [2.75, 3.05) is 13.2 Å². The molecule has 0 rings (SSSR count). The minimum Gasteiger partial charge on any atom is -0.478 e. The van der Waals surface area contributed by atoms with Crippen molar-refractivity contribution in [3.8, 4) is 0 Å². The van der Waals surface area contributed by atoms with E-state index in [0.29, 0.717) is 0 Å². The van der Waals surface area contributed by atoms with Gasteiger partial charge < -0.3 is 9.84 Å². The molecule has 0 saturated carbocycles. The van der Waals surface area contributed by atoms with Gasteiger partial charge in [-0.3, -0.25) is 0 Å². The monoisotopic (exact) mass is 184 g/mol. The van der Waals surface area contributed by atoms with E-state index in [9.17, 15) is 18.0 Å². The van der Waals surface area contributed by atoms with Gasteiger partial charge in [-0.15, -0.1) is 0 Å². The highest BCUT2D eigenvalue weighted by molar-refractivity contribution is 5.85. The molecule has 0 aromatic carbocycles. The van der Waals surface area contributed by atoms with Gasteiger partial charge in [0.15, 0.2) is 0 Å². The first kappa shape index (κ1) is 11.0. The van der Waals surface area contributed by atoms with Gasteiger partial charge in [0.25, 0.3) is 0 Å². The number of aliphatic carboxylic acids is 1. The zero-order valence-corrected chi connectivity index (χ0v) is 6.02. The molecule has 0 bridgehead atoms. The Morgan fingerprint density at radius 2 is 2.00 bits per heavy atom. The molecule has 0 unspecified atom stereocenters. The summed E-state index contributed by atoms with van der Waals surface area (Å²) in [5.41, 5.74) is -0.403. The van der Waals surface area contributed by atoms with Crippen molar-refractivity contribution in [3.05, 3.63) is 12.2 Å². The van der Waals surface area contributed by atoms with Crippen LogP contribution in [0, 0.1) is 0 Å². The van der Waals surface area contributed by atoms with E-state index in [4.69, 9.17) is 5.11 Å². The molecule has 0 amide bonds. The maximum Gasteiger partial charge on any atom is 0.411 e. The van der Waals surface area contributed by atoms with E-state index in [2.05, 4.69) is 11.3 Å². The third kappa shape index (κ3) is 5.72. The predicted octanol–water partition coefficient (Wildman–Crippen LogP) is 1.21. The third-order valence-electron chi connectivity index (χ3n) is 0.844. The Morgan fingerprint density at radius 1 is 1.50 bits per heavy atom. The van der Waals surface area contributed by atoms with Gasteiger partial charge in [-0.2, -0.15) is 13.2 Å². The molecule has 0 heterocycles. The van der Waals surface area contributed by atoms with Crippen LogP contribution in [0.15, 0.2) is 12.2 Å². The second-order valence-corrected chi connectivity index (χ2v) is 2.02. The Kier molecular flexibility index (Phi) is 3.75. The average Bonchev–Trinajstić information content (AvgIpc) is 1.84. The predicted molar refractivity (Wildman–Crippen MR) is 33.6 cm³/mol. The lowest BCUT2D eigenvalue weighted by atomic mass is 10.3. The molecule has 12 heavy (non-hydrogen) atoms. The van der Waals surface area contributed by atoms with Crippen molar-refractivity contribution in [3.63, 3.8) is 0 Å². The molecule has 0 fully saturated rings. The lowest BCUT2D eigenvalue weighted by Gasteiger charge is -2.06. The van der Waals surface area contributed by atoms with Crippen LogP contribution in [0.1, 0.15) is 0 Å². The molecule has 0 aliphatic carbocycles. The van der Waals surface area contributed by atoms with Gasteiger partial charge in [-0.1, -0.05) is 6.58 Å². The standard InChI is InChI=1S/C6H7F3O3/c1-4(5(10)11)2-12-3-6(7,8)9/h1-3H2,(H,10,11). The summed E-state index contributed by atoms with van der Waals surface area (Å²) >= 11 is 0. The fraction of sp³-hybridized carbons (Fsp3) is 0.500. The Balaban J connectivity index is 3.58. The van der Waals surface area contributed by atoms with Gasteiger partial charge in [-0.25, -0.2) is 4.79 Å². The summed E-state index contributed by atoms with van der Waals surface area (Å²) in [6.07, 6.45) is -4.43. The summed E-state index contributed by atoms with van der Waals surface area (Å²) in [5.74, 6) is -1.36. The molecule has 0 radical (unpaired) electrons. The van der Waals surface area contributed by atoms with E-state index < -0.39 is 30.9 Å². The van der Waals surface area contributed by atoms with Crippen molar-refractivity contribution in [1.82, 2.24) is 0 Å². The van der Waals surface area contributed by atoms with E-state index in [0.717, 1.165) is 0 Å². The lowest BCUT2D eigenvalue weighted by Crippen LogP contribution is -2.19. The first-order valence-corrected chi connectivity index (χ1v) is 2.88. The molecular formula is C6H7F3O3. The van der Waals surface area contributed by atoms with Gasteiger partial charge in [0.1, 0.15) is 6.61 Å². The molecule has 70 valence electrons. The third-order valence-corrected chi connectivity index (χ3v) is 0.844. The molecular weight excluding hydrogens is 177 g/mol. The van der Waals surface area contributed by atoms with Crippen LogP contribution < -0.4 is 0 Å². The normalized spacial score (nSPS) is 11.2. The number of halogens is 3.